The lowest BCUT2D eigenvalue weighted by Gasteiger charge is -2.20. The molecule has 3 N–H and O–H groups in total. The molecule has 12 heteroatoms. The van der Waals surface area contributed by atoms with Crippen molar-refractivity contribution in [3.8, 4) is 22.8 Å². The van der Waals surface area contributed by atoms with Crippen molar-refractivity contribution in [2.45, 2.75) is 18.5 Å². The molecule has 10 nitrogen and oxygen atoms in total. The molecular formula is C30H30Cl2N6O4. The summed E-state index contributed by atoms with van der Waals surface area (Å²) in [4.78, 5) is 26.1. The molecule has 0 spiro atoms. The molecule has 0 unspecified atom stereocenters. The van der Waals surface area contributed by atoms with E-state index in [0.717, 1.165) is 6.42 Å². The van der Waals surface area contributed by atoms with Crippen LogP contribution < -0.4 is 25.4 Å². The summed E-state index contributed by atoms with van der Waals surface area (Å²) in [7, 11) is 3.04. The predicted octanol–water partition coefficient (Wildman–Crippen LogP) is 5.15. The van der Waals surface area contributed by atoms with Gasteiger partial charge in [-0.2, -0.15) is 0 Å². The van der Waals surface area contributed by atoms with E-state index in [0.29, 0.717) is 75.2 Å². The molecule has 2 aromatic carbocycles. The molecule has 2 atom stereocenters. The fourth-order valence-electron chi connectivity index (χ4n) is 4.69. The zero-order chi connectivity index (χ0) is 29.6. The Hall–Kier alpha value is -4.12. The van der Waals surface area contributed by atoms with Crippen molar-refractivity contribution in [3.05, 3.63) is 76.9 Å². The number of hydrogen-bond acceptors (Lipinski definition) is 9. The molecule has 0 saturated carbocycles. The first-order chi connectivity index (χ1) is 20.4. The van der Waals surface area contributed by atoms with E-state index in [9.17, 15) is 4.79 Å². The number of benzene rings is 2. The number of ether oxygens (including phenoxy) is 3. The first-order valence-corrected chi connectivity index (χ1v) is 14.0. The minimum Gasteiger partial charge on any atom is -0.495 e. The number of aromatic nitrogens is 3. The van der Waals surface area contributed by atoms with Crippen LogP contribution in [0.4, 0.5) is 11.8 Å². The Morgan fingerprint density at radius 1 is 1.07 bits per heavy atom. The van der Waals surface area contributed by atoms with Gasteiger partial charge >= 0.3 is 0 Å². The molecule has 1 amide bonds. The molecule has 1 aliphatic heterocycles. The van der Waals surface area contributed by atoms with Gasteiger partial charge in [0.15, 0.2) is 5.82 Å². The van der Waals surface area contributed by atoms with Crippen LogP contribution in [0.3, 0.4) is 0 Å². The number of carbonyl (C=O) groups is 1. The number of amides is 1. The lowest BCUT2D eigenvalue weighted by atomic mass is 10.1. The van der Waals surface area contributed by atoms with Crippen molar-refractivity contribution in [1.82, 2.24) is 20.3 Å². The van der Waals surface area contributed by atoms with Crippen molar-refractivity contribution >= 4 is 51.8 Å². The van der Waals surface area contributed by atoms with Crippen LogP contribution in [0.15, 0.2) is 61.3 Å². The van der Waals surface area contributed by atoms with Crippen molar-refractivity contribution < 1.29 is 19.0 Å². The maximum Gasteiger partial charge on any atom is 0.243 e. The summed E-state index contributed by atoms with van der Waals surface area (Å²) in [6.45, 7) is 4.87. The highest BCUT2D eigenvalue weighted by Gasteiger charge is 2.30. The van der Waals surface area contributed by atoms with Crippen LogP contribution in [-0.4, -0.2) is 66.9 Å². The molecule has 0 bridgehead atoms. The quantitative estimate of drug-likeness (QED) is 0.198. The topological polar surface area (TPSA) is 120 Å². The Labute approximate surface area is 253 Å². The molecule has 3 heterocycles. The number of fused-ring (bicyclic) bond motifs is 1. The third-order valence-electron chi connectivity index (χ3n) is 6.85. The number of nitrogens with one attached hydrogen (secondary N) is 3. The van der Waals surface area contributed by atoms with Gasteiger partial charge in [-0.15, -0.1) is 0 Å². The second-order valence-electron chi connectivity index (χ2n) is 9.54. The minimum atomic E-state index is -0.273. The molecule has 218 valence electrons. The largest absolute Gasteiger partial charge is 0.495 e. The van der Waals surface area contributed by atoms with Gasteiger partial charge in [0.2, 0.25) is 11.9 Å². The van der Waals surface area contributed by atoms with E-state index in [-0.39, 0.29) is 18.0 Å². The fourth-order valence-corrected chi connectivity index (χ4v) is 5.38. The molecule has 1 saturated heterocycles. The summed E-state index contributed by atoms with van der Waals surface area (Å²) >= 11 is 13.5. The maximum atomic E-state index is 11.9. The molecular weight excluding hydrogens is 579 g/mol. The highest BCUT2D eigenvalue weighted by atomic mass is 35.5. The Bertz CT molecular complexity index is 1580. The average molecular weight is 610 g/mol. The summed E-state index contributed by atoms with van der Waals surface area (Å²) in [6.07, 6.45) is 3.70. The summed E-state index contributed by atoms with van der Waals surface area (Å²) < 4.78 is 16.5. The van der Waals surface area contributed by atoms with Crippen LogP contribution in [0.25, 0.3) is 22.2 Å². The second-order valence-corrected chi connectivity index (χ2v) is 10.3. The molecule has 42 heavy (non-hydrogen) atoms. The van der Waals surface area contributed by atoms with E-state index in [2.05, 4.69) is 39.6 Å². The van der Waals surface area contributed by atoms with E-state index < -0.39 is 0 Å². The summed E-state index contributed by atoms with van der Waals surface area (Å²) in [6, 6.07) is 13.1. The number of rotatable bonds is 11. The normalized spacial score (nSPS) is 16.2. The fraction of sp³-hybridized carbons (Fsp3) is 0.267. The summed E-state index contributed by atoms with van der Waals surface area (Å²) in [5.74, 6) is 1.43. The van der Waals surface area contributed by atoms with Gasteiger partial charge in [0, 0.05) is 29.8 Å². The lowest BCUT2D eigenvalue weighted by Crippen LogP contribution is -2.45. The Morgan fingerprint density at radius 3 is 2.48 bits per heavy atom. The average Bonchev–Trinajstić information content (AvgIpc) is 3.44. The third kappa shape index (κ3) is 6.35. The van der Waals surface area contributed by atoms with Crippen LogP contribution in [0.2, 0.25) is 10.0 Å². The Kier molecular flexibility index (Phi) is 9.26. The SMILES string of the molecule is C=CC(=O)N[C@H]1COC[C@H]1Nc1ncc2cc(-c3c(Cl)c(OC)cc(OC)c3Cl)nc(NCCc3ccccc3)c2n1. The highest BCUT2D eigenvalue weighted by molar-refractivity contribution is 6.41. The van der Waals surface area contributed by atoms with E-state index in [1.807, 2.05) is 24.3 Å². The Morgan fingerprint density at radius 2 is 1.79 bits per heavy atom. The van der Waals surface area contributed by atoms with Gasteiger partial charge in [0.05, 0.1) is 55.3 Å². The number of hydrogen-bond donors (Lipinski definition) is 3. The van der Waals surface area contributed by atoms with Crippen LogP contribution >= 0.6 is 23.2 Å². The molecule has 0 radical (unpaired) electrons. The van der Waals surface area contributed by atoms with Crippen LogP contribution in [0, 0.1) is 0 Å². The van der Waals surface area contributed by atoms with Crippen molar-refractivity contribution in [1.29, 1.82) is 0 Å². The van der Waals surface area contributed by atoms with Crippen LogP contribution in [0.1, 0.15) is 5.56 Å². The van der Waals surface area contributed by atoms with Gasteiger partial charge in [-0.25, -0.2) is 15.0 Å². The smallest absolute Gasteiger partial charge is 0.243 e. The maximum absolute atomic E-state index is 11.9. The number of methoxy groups -OCH3 is 2. The van der Waals surface area contributed by atoms with E-state index in [4.69, 9.17) is 47.4 Å². The van der Waals surface area contributed by atoms with E-state index in [1.54, 1.807) is 12.3 Å². The molecule has 5 rings (SSSR count). The molecule has 0 aliphatic carbocycles. The van der Waals surface area contributed by atoms with Crippen LogP contribution in [0.5, 0.6) is 11.5 Å². The van der Waals surface area contributed by atoms with Crippen molar-refractivity contribution in [3.63, 3.8) is 0 Å². The Balaban J connectivity index is 1.53. The number of carbonyl (C=O) groups excluding carboxylic acids is 1. The summed E-state index contributed by atoms with van der Waals surface area (Å²) in [5.41, 5.74) is 2.74. The second kappa shape index (κ2) is 13.2. The van der Waals surface area contributed by atoms with Gasteiger partial charge in [0.25, 0.3) is 0 Å². The van der Waals surface area contributed by atoms with Gasteiger partial charge in [-0.1, -0.05) is 60.1 Å². The van der Waals surface area contributed by atoms with E-state index in [1.165, 1.54) is 25.9 Å². The van der Waals surface area contributed by atoms with Gasteiger partial charge < -0.3 is 30.2 Å². The molecule has 4 aromatic rings. The van der Waals surface area contributed by atoms with Crippen molar-refractivity contribution in [2.75, 3.05) is 44.6 Å². The number of anilines is 2. The zero-order valence-corrected chi connectivity index (χ0v) is 24.6. The molecule has 1 fully saturated rings. The first kappa shape index (κ1) is 29.4. The number of pyridine rings is 1. The molecule has 1 aliphatic rings. The number of halogens is 2. The lowest BCUT2D eigenvalue weighted by molar-refractivity contribution is -0.117. The zero-order valence-electron chi connectivity index (χ0n) is 23.1. The van der Waals surface area contributed by atoms with Gasteiger partial charge in [0.1, 0.15) is 17.0 Å². The first-order valence-electron chi connectivity index (χ1n) is 13.2. The standard InChI is InChI=1S/C30H30Cl2N6O4/c1-4-24(39)35-20-15-42-16-21(20)37-30-34-14-18-12-19(25-26(31)22(40-2)13-23(41-3)27(25)32)36-29(28(18)38-30)33-11-10-17-8-6-5-7-9-17/h4-9,12-14,20-21H,1,10-11,15-16H2,2-3H3,(H,33,36)(H,35,39)(H,34,37,38)/t20-,21+/m0/s1. The van der Waals surface area contributed by atoms with E-state index >= 15 is 0 Å². The number of nitrogens with zero attached hydrogens (tertiary/aromatic N) is 3. The predicted molar refractivity (Wildman–Crippen MR) is 165 cm³/mol. The third-order valence-corrected chi connectivity index (χ3v) is 7.60. The van der Waals surface area contributed by atoms with Crippen molar-refractivity contribution in [2.24, 2.45) is 0 Å². The van der Waals surface area contributed by atoms with Gasteiger partial charge in [-0.05, 0) is 24.1 Å². The van der Waals surface area contributed by atoms with Gasteiger partial charge in [-0.3, -0.25) is 4.79 Å². The minimum absolute atomic E-state index is 0.227. The summed E-state index contributed by atoms with van der Waals surface area (Å²) in [5, 5.41) is 10.9. The monoisotopic (exact) mass is 608 g/mol. The molecule has 2 aromatic heterocycles. The van der Waals surface area contributed by atoms with Crippen LogP contribution in [-0.2, 0) is 16.0 Å². The highest BCUT2D eigenvalue weighted by Crippen LogP contribution is 2.46.